The fraction of sp³-hybridized carbons (Fsp3) is 0.333. The number of benzene rings is 2. The van der Waals surface area contributed by atoms with Crippen molar-refractivity contribution in [1.82, 2.24) is 0 Å². The van der Waals surface area contributed by atoms with Gasteiger partial charge in [0.2, 0.25) is 0 Å². The molecule has 2 aromatic rings. The van der Waals surface area contributed by atoms with Gasteiger partial charge in [0.1, 0.15) is 24.2 Å². The number of aliphatic hydroxyl groups is 2. The average molecular weight is 418 g/mol. The average Bonchev–Trinajstić information content (AvgIpc) is 2.77. The molecule has 0 fully saturated rings. The first-order valence-electron chi connectivity index (χ1n) is 9.87. The van der Waals surface area contributed by atoms with Crippen LogP contribution in [0.25, 0.3) is 6.08 Å². The van der Waals surface area contributed by atoms with Gasteiger partial charge in [-0.1, -0.05) is 30.4 Å². The van der Waals surface area contributed by atoms with E-state index in [0.717, 1.165) is 43.0 Å². The van der Waals surface area contributed by atoms with Crippen LogP contribution in [0.15, 0.2) is 42.5 Å². The van der Waals surface area contributed by atoms with E-state index in [0.29, 0.717) is 24.8 Å². The number of allylic oxidation sites excluding steroid dienone is 1. The zero-order chi connectivity index (χ0) is 22.2. The topological polar surface area (TPSA) is 74.6 Å². The minimum absolute atomic E-state index is 0.270. The minimum Gasteiger partial charge on any atom is -0.392 e. The first-order valence-corrected chi connectivity index (χ1v) is 9.87. The molecule has 30 heavy (non-hydrogen) atoms. The minimum atomic E-state index is -0.400. The normalized spacial score (nSPS) is 10.5. The van der Waals surface area contributed by atoms with Gasteiger partial charge in [-0.05, 0) is 55.0 Å². The summed E-state index contributed by atoms with van der Waals surface area (Å²) in [5, 5.41) is 17.7. The molecule has 0 saturated heterocycles. The highest BCUT2D eigenvalue weighted by Crippen LogP contribution is 2.13. The number of aldehydes is 2. The standard InChI is InChI=1S/C12H15FO2.C12H13FO2/c2*13-12-6-5-10(8-11(12)9-15)4-2-1-3-7-14/h5-8,15H,1-4,9H2;2,4-8,15H,1,3,9H2/b;4-2+. The van der Waals surface area contributed by atoms with Crippen molar-refractivity contribution in [3.8, 4) is 0 Å². The maximum absolute atomic E-state index is 13.0. The van der Waals surface area contributed by atoms with Crippen LogP contribution in [0.4, 0.5) is 8.78 Å². The van der Waals surface area contributed by atoms with E-state index in [2.05, 4.69) is 0 Å². The van der Waals surface area contributed by atoms with Crippen LogP contribution in [-0.4, -0.2) is 22.8 Å². The Labute approximate surface area is 175 Å². The van der Waals surface area contributed by atoms with Crippen LogP contribution < -0.4 is 0 Å². The van der Waals surface area contributed by atoms with E-state index < -0.39 is 5.82 Å². The molecule has 162 valence electrons. The van der Waals surface area contributed by atoms with Gasteiger partial charge in [-0.3, -0.25) is 0 Å². The van der Waals surface area contributed by atoms with Gasteiger partial charge in [-0.15, -0.1) is 0 Å². The lowest BCUT2D eigenvalue weighted by Gasteiger charge is -2.04. The van der Waals surface area contributed by atoms with Crippen LogP contribution in [0.1, 0.15) is 54.4 Å². The van der Waals surface area contributed by atoms with Crippen molar-refractivity contribution in [2.75, 3.05) is 0 Å². The second kappa shape index (κ2) is 15.2. The number of hydrogen-bond acceptors (Lipinski definition) is 4. The monoisotopic (exact) mass is 418 g/mol. The second-order valence-electron chi connectivity index (χ2n) is 6.65. The third-order valence-corrected chi connectivity index (χ3v) is 4.32. The fourth-order valence-corrected chi connectivity index (χ4v) is 2.66. The number of halogens is 2. The molecular formula is C24H28F2O4. The van der Waals surface area contributed by atoms with E-state index >= 15 is 0 Å². The number of rotatable bonds is 11. The highest BCUT2D eigenvalue weighted by molar-refractivity contribution is 5.53. The largest absolute Gasteiger partial charge is 0.392 e. The van der Waals surface area contributed by atoms with E-state index in [-0.39, 0.29) is 24.6 Å². The zero-order valence-electron chi connectivity index (χ0n) is 16.9. The molecule has 2 aromatic carbocycles. The Kier molecular flexibility index (Phi) is 12.8. The van der Waals surface area contributed by atoms with Crippen LogP contribution >= 0.6 is 0 Å². The summed E-state index contributed by atoms with van der Waals surface area (Å²) in [6.07, 6.45) is 9.75. The number of carbonyl (C=O) groups excluding carboxylic acids is 2. The lowest BCUT2D eigenvalue weighted by molar-refractivity contribution is -0.108. The van der Waals surface area contributed by atoms with Crippen LogP contribution in [0, 0.1) is 11.6 Å². The fourth-order valence-electron chi connectivity index (χ4n) is 2.66. The molecule has 0 aliphatic heterocycles. The maximum atomic E-state index is 13.0. The first-order chi connectivity index (χ1) is 14.5. The molecule has 0 heterocycles. The van der Waals surface area contributed by atoms with E-state index in [4.69, 9.17) is 10.2 Å². The summed E-state index contributed by atoms with van der Waals surface area (Å²) in [5.41, 5.74) is 2.45. The number of aliphatic hydroxyl groups excluding tert-OH is 2. The van der Waals surface area contributed by atoms with Gasteiger partial charge in [0.05, 0.1) is 13.2 Å². The molecule has 0 saturated carbocycles. The summed E-state index contributed by atoms with van der Waals surface area (Å²) in [4.78, 5) is 20.1. The molecule has 0 spiro atoms. The Morgan fingerprint density at radius 1 is 0.767 bits per heavy atom. The summed E-state index contributed by atoms with van der Waals surface area (Å²) >= 11 is 0. The Balaban J connectivity index is 0.000000300. The summed E-state index contributed by atoms with van der Waals surface area (Å²) in [7, 11) is 0. The summed E-state index contributed by atoms with van der Waals surface area (Å²) in [6, 6.07) is 9.32. The first kappa shape index (κ1) is 25.3. The smallest absolute Gasteiger partial charge is 0.128 e. The molecule has 0 atom stereocenters. The highest BCUT2D eigenvalue weighted by atomic mass is 19.1. The van der Waals surface area contributed by atoms with Crippen molar-refractivity contribution in [2.45, 2.75) is 51.7 Å². The second-order valence-corrected chi connectivity index (χ2v) is 6.65. The van der Waals surface area contributed by atoms with E-state index in [9.17, 15) is 18.4 Å². The van der Waals surface area contributed by atoms with Gasteiger partial charge in [-0.2, -0.15) is 0 Å². The van der Waals surface area contributed by atoms with Crippen molar-refractivity contribution in [1.29, 1.82) is 0 Å². The number of aryl methyl sites for hydroxylation is 1. The Morgan fingerprint density at radius 3 is 2.03 bits per heavy atom. The number of unbranched alkanes of at least 4 members (excludes halogenated alkanes) is 3. The van der Waals surface area contributed by atoms with Crippen molar-refractivity contribution in [2.24, 2.45) is 0 Å². The lowest BCUT2D eigenvalue weighted by Crippen LogP contribution is -1.93. The van der Waals surface area contributed by atoms with Gasteiger partial charge in [0.25, 0.3) is 0 Å². The molecule has 0 aliphatic carbocycles. The van der Waals surface area contributed by atoms with Crippen molar-refractivity contribution in [3.63, 3.8) is 0 Å². The molecular weight excluding hydrogens is 390 g/mol. The van der Waals surface area contributed by atoms with Crippen LogP contribution in [0.5, 0.6) is 0 Å². The van der Waals surface area contributed by atoms with Gasteiger partial charge >= 0.3 is 0 Å². The third kappa shape index (κ3) is 9.67. The quantitative estimate of drug-likeness (QED) is 0.415. The van der Waals surface area contributed by atoms with Gasteiger partial charge < -0.3 is 19.8 Å². The Morgan fingerprint density at radius 2 is 1.40 bits per heavy atom. The maximum Gasteiger partial charge on any atom is 0.128 e. The molecule has 0 aliphatic rings. The molecule has 0 amide bonds. The van der Waals surface area contributed by atoms with Crippen LogP contribution in [0.3, 0.4) is 0 Å². The van der Waals surface area contributed by atoms with Crippen molar-refractivity contribution in [3.05, 3.63) is 76.4 Å². The number of hydrogen-bond donors (Lipinski definition) is 2. The van der Waals surface area contributed by atoms with Crippen molar-refractivity contribution < 1.29 is 28.6 Å². The Hall–Kier alpha value is -2.70. The predicted molar refractivity (Wildman–Crippen MR) is 113 cm³/mol. The molecule has 0 radical (unpaired) electrons. The summed E-state index contributed by atoms with van der Waals surface area (Å²) < 4.78 is 26.0. The highest BCUT2D eigenvalue weighted by Gasteiger charge is 2.02. The number of carbonyl (C=O) groups is 2. The third-order valence-electron chi connectivity index (χ3n) is 4.32. The van der Waals surface area contributed by atoms with Crippen LogP contribution in [-0.2, 0) is 29.2 Å². The van der Waals surface area contributed by atoms with E-state index in [1.54, 1.807) is 24.3 Å². The van der Waals surface area contributed by atoms with Gasteiger partial charge in [-0.25, -0.2) is 8.78 Å². The van der Waals surface area contributed by atoms with Gasteiger partial charge in [0.15, 0.2) is 0 Å². The molecule has 2 rings (SSSR count). The zero-order valence-corrected chi connectivity index (χ0v) is 16.9. The predicted octanol–water partition coefficient (Wildman–Crippen LogP) is 4.54. The molecule has 0 unspecified atom stereocenters. The molecule has 2 N–H and O–H groups in total. The molecule has 0 bridgehead atoms. The molecule has 0 aromatic heterocycles. The van der Waals surface area contributed by atoms with E-state index in [1.165, 1.54) is 12.1 Å². The van der Waals surface area contributed by atoms with E-state index in [1.807, 2.05) is 12.2 Å². The summed E-state index contributed by atoms with van der Waals surface area (Å²) in [6.45, 7) is -0.574. The van der Waals surface area contributed by atoms with Crippen molar-refractivity contribution >= 4 is 18.6 Å². The van der Waals surface area contributed by atoms with Gasteiger partial charge in [0, 0.05) is 24.0 Å². The lowest BCUT2D eigenvalue weighted by atomic mass is 10.0. The SMILES string of the molecule is O=CCC/C=C/c1ccc(F)c(CO)c1.O=CCCCCc1ccc(F)c(CO)c1. The Bertz CT molecular complexity index is 819. The molecule has 4 nitrogen and oxygen atoms in total. The molecule has 6 heteroatoms. The van der Waals surface area contributed by atoms with Crippen LogP contribution in [0.2, 0.25) is 0 Å². The summed E-state index contributed by atoms with van der Waals surface area (Å²) in [5.74, 6) is -0.767.